The molecule has 1 heterocycles. The first-order valence-electron chi connectivity index (χ1n) is 10.7. The Labute approximate surface area is 189 Å². The summed E-state index contributed by atoms with van der Waals surface area (Å²) in [5.41, 5.74) is 2.10. The second-order valence-electron chi connectivity index (χ2n) is 7.77. The molecular weight excluding hydrogens is 414 g/mol. The number of methoxy groups -OCH3 is 1. The van der Waals surface area contributed by atoms with Crippen LogP contribution in [0.3, 0.4) is 0 Å². The van der Waals surface area contributed by atoms with Gasteiger partial charge in [0.15, 0.2) is 0 Å². The van der Waals surface area contributed by atoms with Crippen LogP contribution in [0.25, 0.3) is 0 Å². The lowest BCUT2D eigenvalue weighted by molar-refractivity contribution is -0.131. The Morgan fingerprint density at radius 3 is 2.58 bits per heavy atom. The van der Waals surface area contributed by atoms with Gasteiger partial charge >= 0.3 is 0 Å². The summed E-state index contributed by atoms with van der Waals surface area (Å²) in [5.74, 6) is 0.974. The number of carbonyl (C=O) groups is 2. The standard InChI is InChI=1S/C24H30ClN3O3/c1-31-22-9-6-19(7-10-22)8-11-24(30)28-13-3-12-27(14-15-28)18-23(29)26-17-20-4-2-5-21(25)16-20/h2,4-7,9-10,16H,3,8,11-15,17-18H2,1H3,(H,26,29). The Hall–Kier alpha value is -2.57. The maximum atomic E-state index is 12.7. The number of benzene rings is 2. The van der Waals surface area contributed by atoms with Crippen molar-refractivity contribution >= 4 is 23.4 Å². The zero-order valence-electron chi connectivity index (χ0n) is 18.0. The van der Waals surface area contributed by atoms with Crippen molar-refractivity contribution in [3.8, 4) is 5.75 Å². The molecule has 0 atom stereocenters. The number of halogens is 1. The van der Waals surface area contributed by atoms with Crippen LogP contribution in [0.15, 0.2) is 48.5 Å². The number of amides is 2. The van der Waals surface area contributed by atoms with Gasteiger partial charge in [-0.25, -0.2) is 0 Å². The van der Waals surface area contributed by atoms with Crippen LogP contribution in [0.1, 0.15) is 24.0 Å². The third-order valence-corrected chi connectivity index (χ3v) is 5.71. The molecule has 1 N–H and O–H groups in total. The molecule has 0 radical (unpaired) electrons. The van der Waals surface area contributed by atoms with E-state index >= 15 is 0 Å². The number of hydrogen-bond donors (Lipinski definition) is 1. The van der Waals surface area contributed by atoms with Crippen molar-refractivity contribution in [2.24, 2.45) is 0 Å². The first-order chi connectivity index (χ1) is 15.0. The average molecular weight is 444 g/mol. The summed E-state index contributed by atoms with van der Waals surface area (Å²) in [7, 11) is 1.64. The van der Waals surface area contributed by atoms with Crippen LogP contribution in [-0.2, 0) is 22.6 Å². The lowest BCUT2D eigenvalue weighted by Gasteiger charge is -2.22. The van der Waals surface area contributed by atoms with E-state index in [9.17, 15) is 9.59 Å². The predicted octanol–water partition coefficient (Wildman–Crippen LogP) is 3.13. The number of hydrogen-bond acceptors (Lipinski definition) is 4. The summed E-state index contributed by atoms with van der Waals surface area (Å²) in [6.45, 7) is 3.72. The summed E-state index contributed by atoms with van der Waals surface area (Å²) < 4.78 is 5.17. The molecule has 7 heteroatoms. The molecule has 0 bridgehead atoms. The SMILES string of the molecule is COc1ccc(CCC(=O)N2CCCN(CC(=O)NCc3cccc(Cl)c3)CC2)cc1. The lowest BCUT2D eigenvalue weighted by atomic mass is 10.1. The Morgan fingerprint density at radius 1 is 1.03 bits per heavy atom. The van der Waals surface area contributed by atoms with Gasteiger partial charge in [-0.2, -0.15) is 0 Å². The second kappa shape index (κ2) is 11.7. The molecule has 1 fully saturated rings. The number of ether oxygens (including phenoxy) is 1. The van der Waals surface area contributed by atoms with E-state index in [2.05, 4.69) is 10.2 Å². The summed E-state index contributed by atoms with van der Waals surface area (Å²) in [6, 6.07) is 15.3. The van der Waals surface area contributed by atoms with E-state index in [4.69, 9.17) is 16.3 Å². The highest BCUT2D eigenvalue weighted by molar-refractivity contribution is 6.30. The van der Waals surface area contributed by atoms with Crippen LogP contribution in [-0.4, -0.2) is 61.4 Å². The van der Waals surface area contributed by atoms with Crippen LogP contribution >= 0.6 is 11.6 Å². The summed E-state index contributed by atoms with van der Waals surface area (Å²) in [6.07, 6.45) is 2.08. The molecule has 2 amide bonds. The van der Waals surface area contributed by atoms with E-state index in [1.807, 2.05) is 53.4 Å². The molecule has 0 aliphatic carbocycles. The van der Waals surface area contributed by atoms with E-state index in [-0.39, 0.29) is 11.8 Å². The van der Waals surface area contributed by atoms with Gasteiger partial charge in [0, 0.05) is 44.2 Å². The summed E-state index contributed by atoms with van der Waals surface area (Å²) in [4.78, 5) is 29.0. The zero-order valence-corrected chi connectivity index (χ0v) is 18.7. The van der Waals surface area contributed by atoms with E-state index in [0.717, 1.165) is 42.8 Å². The minimum Gasteiger partial charge on any atom is -0.497 e. The van der Waals surface area contributed by atoms with Crippen molar-refractivity contribution < 1.29 is 14.3 Å². The molecular formula is C24H30ClN3O3. The summed E-state index contributed by atoms with van der Waals surface area (Å²) >= 11 is 5.98. The maximum Gasteiger partial charge on any atom is 0.234 e. The van der Waals surface area contributed by atoms with E-state index in [1.165, 1.54) is 0 Å². The topological polar surface area (TPSA) is 61.9 Å². The Kier molecular flexibility index (Phi) is 8.74. The number of nitrogens with one attached hydrogen (secondary N) is 1. The van der Waals surface area contributed by atoms with Gasteiger partial charge in [0.1, 0.15) is 5.75 Å². The Bertz CT molecular complexity index is 873. The van der Waals surface area contributed by atoms with Crippen LogP contribution in [0.4, 0.5) is 0 Å². The van der Waals surface area contributed by atoms with Crippen molar-refractivity contribution in [2.45, 2.75) is 25.8 Å². The molecule has 31 heavy (non-hydrogen) atoms. The van der Waals surface area contributed by atoms with Gasteiger partial charge in [-0.1, -0.05) is 35.9 Å². The van der Waals surface area contributed by atoms with Gasteiger partial charge in [0.25, 0.3) is 0 Å². The minimum absolute atomic E-state index is 0.0146. The molecule has 0 aromatic heterocycles. The third-order valence-electron chi connectivity index (χ3n) is 5.47. The highest BCUT2D eigenvalue weighted by atomic mass is 35.5. The Balaban J connectivity index is 1.39. The van der Waals surface area contributed by atoms with E-state index < -0.39 is 0 Å². The van der Waals surface area contributed by atoms with E-state index in [0.29, 0.717) is 37.6 Å². The van der Waals surface area contributed by atoms with Crippen molar-refractivity contribution in [3.05, 3.63) is 64.7 Å². The van der Waals surface area contributed by atoms with Crippen LogP contribution in [0.2, 0.25) is 5.02 Å². The molecule has 1 aliphatic rings. The molecule has 3 rings (SSSR count). The molecule has 2 aromatic rings. The van der Waals surface area contributed by atoms with Crippen molar-refractivity contribution in [3.63, 3.8) is 0 Å². The predicted molar refractivity (Wildman–Crippen MR) is 122 cm³/mol. The van der Waals surface area contributed by atoms with Gasteiger partial charge in [-0.05, 0) is 48.2 Å². The number of aryl methyl sites for hydroxylation is 1. The van der Waals surface area contributed by atoms with Crippen LogP contribution in [0.5, 0.6) is 5.75 Å². The van der Waals surface area contributed by atoms with E-state index in [1.54, 1.807) is 7.11 Å². The highest BCUT2D eigenvalue weighted by Crippen LogP contribution is 2.14. The normalized spacial score (nSPS) is 14.7. The fourth-order valence-electron chi connectivity index (χ4n) is 3.69. The number of nitrogens with zero attached hydrogens (tertiary/aromatic N) is 2. The maximum absolute atomic E-state index is 12.7. The molecule has 1 saturated heterocycles. The smallest absolute Gasteiger partial charge is 0.234 e. The first kappa shape index (κ1) is 23.1. The first-order valence-corrected chi connectivity index (χ1v) is 11.1. The highest BCUT2D eigenvalue weighted by Gasteiger charge is 2.20. The lowest BCUT2D eigenvalue weighted by Crippen LogP contribution is -2.39. The largest absolute Gasteiger partial charge is 0.497 e. The van der Waals surface area contributed by atoms with Crippen LogP contribution < -0.4 is 10.1 Å². The molecule has 0 spiro atoms. The number of carbonyl (C=O) groups excluding carboxylic acids is 2. The van der Waals surface area contributed by atoms with Crippen molar-refractivity contribution in [1.29, 1.82) is 0 Å². The molecule has 2 aromatic carbocycles. The summed E-state index contributed by atoms with van der Waals surface area (Å²) in [5, 5.41) is 3.61. The van der Waals surface area contributed by atoms with Crippen LogP contribution in [0, 0.1) is 0 Å². The van der Waals surface area contributed by atoms with Gasteiger partial charge in [0.05, 0.1) is 13.7 Å². The quantitative estimate of drug-likeness (QED) is 0.680. The average Bonchev–Trinajstić information content (AvgIpc) is 3.02. The third kappa shape index (κ3) is 7.56. The fraction of sp³-hybridized carbons (Fsp3) is 0.417. The van der Waals surface area contributed by atoms with Gasteiger partial charge in [0.2, 0.25) is 11.8 Å². The van der Waals surface area contributed by atoms with Gasteiger partial charge < -0.3 is 15.0 Å². The second-order valence-corrected chi connectivity index (χ2v) is 8.20. The zero-order chi connectivity index (χ0) is 22.1. The van der Waals surface area contributed by atoms with Gasteiger partial charge in [-0.15, -0.1) is 0 Å². The number of rotatable bonds is 8. The van der Waals surface area contributed by atoms with Crippen molar-refractivity contribution in [2.75, 3.05) is 39.8 Å². The monoisotopic (exact) mass is 443 g/mol. The van der Waals surface area contributed by atoms with Crippen molar-refractivity contribution in [1.82, 2.24) is 15.1 Å². The fourth-order valence-corrected chi connectivity index (χ4v) is 3.90. The molecule has 6 nitrogen and oxygen atoms in total. The van der Waals surface area contributed by atoms with Gasteiger partial charge in [-0.3, -0.25) is 14.5 Å². The minimum atomic E-state index is -0.0146. The molecule has 0 saturated carbocycles. The molecule has 0 unspecified atom stereocenters. The molecule has 1 aliphatic heterocycles. The Morgan fingerprint density at radius 2 is 1.84 bits per heavy atom. The molecule has 166 valence electrons.